The quantitative estimate of drug-likeness (QED) is 0.738. The number of pyridine rings is 1. The normalized spacial score (nSPS) is 11.6. The number of hydrogen-bond donors (Lipinski definition) is 1. The molecule has 6 heteroatoms. The minimum absolute atomic E-state index is 0.151. The molecule has 1 N–H and O–H groups in total. The van der Waals surface area contributed by atoms with Crippen molar-refractivity contribution >= 4 is 16.7 Å². The van der Waals surface area contributed by atoms with Gasteiger partial charge in [0.25, 0.3) is 0 Å². The number of carbonyl (C=O) groups is 1. The van der Waals surface area contributed by atoms with Crippen molar-refractivity contribution in [2.45, 2.75) is 12.6 Å². The van der Waals surface area contributed by atoms with Gasteiger partial charge in [-0.25, -0.2) is 0 Å². The van der Waals surface area contributed by atoms with Gasteiger partial charge in [-0.15, -0.1) is 0 Å². The lowest BCUT2D eigenvalue weighted by Crippen LogP contribution is -2.09. The highest BCUT2D eigenvalue weighted by Gasteiger charge is 2.30. The van der Waals surface area contributed by atoms with Gasteiger partial charge in [-0.2, -0.15) is 13.2 Å². The van der Waals surface area contributed by atoms with Gasteiger partial charge in [-0.1, -0.05) is 30.3 Å². The first kappa shape index (κ1) is 16.0. The number of H-pyrrole nitrogens is 1. The summed E-state index contributed by atoms with van der Waals surface area (Å²) < 4.78 is 38.3. The maximum absolute atomic E-state index is 12.8. The number of carbonyl (C=O) groups excluding carboxylic acids is 1. The number of rotatable bonds is 3. The van der Waals surface area contributed by atoms with E-state index in [1.807, 2.05) is 0 Å². The van der Waals surface area contributed by atoms with E-state index in [2.05, 4.69) is 4.98 Å². The number of fused-ring (bicyclic) bond motifs is 1. The molecule has 0 spiro atoms. The number of benzene rings is 2. The van der Waals surface area contributed by atoms with E-state index in [1.165, 1.54) is 24.3 Å². The van der Waals surface area contributed by atoms with E-state index in [0.29, 0.717) is 16.5 Å². The fourth-order valence-corrected chi connectivity index (χ4v) is 2.57. The van der Waals surface area contributed by atoms with E-state index in [9.17, 15) is 22.8 Å². The fourth-order valence-electron chi connectivity index (χ4n) is 2.57. The summed E-state index contributed by atoms with van der Waals surface area (Å²) in [4.78, 5) is 26.5. The predicted molar refractivity (Wildman–Crippen MR) is 84.0 cm³/mol. The molecule has 0 aliphatic heterocycles. The van der Waals surface area contributed by atoms with Crippen LogP contribution in [0.25, 0.3) is 10.9 Å². The molecule has 3 nitrogen and oxygen atoms in total. The number of alkyl halides is 3. The molecule has 0 unspecified atom stereocenters. The van der Waals surface area contributed by atoms with E-state index in [4.69, 9.17) is 0 Å². The molecule has 0 saturated heterocycles. The summed E-state index contributed by atoms with van der Waals surface area (Å²) in [6.45, 7) is 0. The average Bonchev–Trinajstić information content (AvgIpc) is 2.53. The number of hydrogen-bond acceptors (Lipinski definition) is 2. The van der Waals surface area contributed by atoms with Crippen LogP contribution in [-0.2, 0) is 12.6 Å². The lowest BCUT2D eigenvalue weighted by atomic mass is 9.98. The van der Waals surface area contributed by atoms with E-state index >= 15 is 0 Å². The Balaban J connectivity index is 1.95. The molecular formula is C18H12F3NO2. The van der Waals surface area contributed by atoms with Crippen LogP contribution in [0, 0.1) is 0 Å². The Labute approximate surface area is 134 Å². The number of aromatic nitrogens is 1. The second-order valence-corrected chi connectivity index (χ2v) is 5.39. The van der Waals surface area contributed by atoms with Crippen molar-refractivity contribution in [1.29, 1.82) is 0 Å². The van der Waals surface area contributed by atoms with Gasteiger partial charge in [0.05, 0.1) is 5.56 Å². The molecule has 3 aromatic rings. The maximum Gasteiger partial charge on any atom is 0.416 e. The molecule has 0 aliphatic carbocycles. The third-order valence-corrected chi connectivity index (χ3v) is 3.68. The third kappa shape index (κ3) is 3.22. The van der Waals surface area contributed by atoms with Crippen LogP contribution in [0.3, 0.4) is 0 Å². The Morgan fingerprint density at radius 3 is 2.50 bits per heavy atom. The molecule has 0 radical (unpaired) electrons. The average molecular weight is 331 g/mol. The molecular weight excluding hydrogens is 319 g/mol. The monoisotopic (exact) mass is 331 g/mol. The highest BCUT2D eigenvalue weighted by molar-refractivity contribution is 6.08. The minimum atomic E-state index is -4.45. The Hall–Kier alpha value is -2.89. The molecule has 1 heterocycles. The Bertz CT molecular complexity index is 974. The summed E-state index contributed by atoms with van der Waals surface area (Å²) in [5, 5.41) is 0.564. The van der Waals surface area contributed by atoms with E-state index in [-0.39, 0.29) is 23.3 Å². The number of halogens is 3. The van der Waals surface area contributed by atoms with E-state index < -0.39 is 11.7 Å². The molecule has 0 saturated carbocycles. The van der Waals surface area contributed by atoms with Gasteiger partial charge in [0.1, 0.15) is 0 Å². The van der Waals surface area contributed by atoms with Gasteiger partial charge in [0, 0.05) is 29.0 Å². The minimum Gasteiger partial charge on any atom is -0.322 e. The van der Waals surface area contributed by atoms with Crippen LogP contribution in [0.5, 0.6) is 0 Å². The smallest absolute Gasteiger partial charge is 0.322 e. The molecule has 0 fully saturated rings. The predicted octanol–water partition coefficient (Wildman–Crippen LogP) is 3.97. The van der Waals surface area contributed by atoms with Gasteiger partial charge in [0.2, 0.25) is 5.56 Å². The van der Waals surface area contributed by atoms with Crippen molar-refractivity contribution in [1.82, 2.24) is 4.98 Å². The molecule has 24 heavy (non-hydrogen) atoms. The van der Waals surface area contributed by atoms with Gasteiger partial charge in [0.15, 0.2) is 5.78 Å². The van der Waals surface area contributed by atoms with Crippen LogP contribution in [0.15, 0.2) is 59.4 Å². The highest BCUT2D eigenvalue weighted by atomic mass is 19.4. The van der Waals surface area contributed by atoms with Crippen molar-refractivity contribution in [2.75, 3.05) is 0 Å². The van der Waals surface area contributed by atoms with Crippen molar-refractivity contribution in [3.63, 3.8) is 0 Å². The second-order valence-electron chi connectivity index (χ2n) is 5.39. The first-order valence-electron chi connectivity index (χ1n) is 7.16. The summed E-state index contributed by atoms with van der Waals surface area (Å²) in [6.07, 6.45) is -4.60. The number of aromatic amines is 1. The Kier molecular flexibility index (Phi) is 3.97. The zero-order valence-electron chi connectivity index (χ0n) is 12.4. The van der Waals surface area contributed by atoms with Crippen LogP contribution >= 0.6 is 0 Å². The Morgan fingerprint density at radius 1 is 1.00 bits per heavy atom. The molecule has 1 aromatic heterocycles. The standard InChI is InChI=1S/C18H12F3NO2/c19-18(20,21)12-4-1-3-11(9-12)10-16(23)14-5-2-6-15-13(14)7-8-17(24)22-15/h1-9H,10H2,(H,22,24). The third-order valence-electron chi connectivity index (χ3n) is 3.68. The lowest BCUT2D eigenvalue weighted by Gasteiger charge is -2.09. The fraction of sp³-hybridized carbons (Fsp3) is 0.111. The SMILES string of the molecule is O=C(Cc1cccc(C(F)(F)F)c1)c1cccc2[nH]c(=O)ccc12. The van der Waals surface area contributed by atoms with Crippen molar-refractivity contribution in [3.8, 4) is 0 Å². The largest absolute Gasteiger partial charge is 0.416 e. The van der Waals surface area contributed by atoms with Gasteiger partial charge in [-0.05, 0) is 23.8 Å². The first-order chi connectivity index (χ1) is 11.3. The van der Waals surface area contributed by atoms with Crippen LogP contribution in [0.2, 0.25) is 0 Å². The molecule has 0 aliphatic rings. The van der Waals surface area contributed by atoms with Crippen LogP contribution in [0.4, 0.5) is 13.2 Å². The van der Waals surface area contributed by atoms with Crippen molar-refractivity contribution in [3.05, 3.63) is 81.6 Å². The summed E-state index contributed by atoms with van der Waals surface area (Å²) in [5.41, 5.74) is 0.0924. The van der Waals surface area contributed by atoms with Crippen molar-refractivity contribution in [2.24, 2.45) is 0 Å². The second kappa shape index (κ2) is 5.96. The van der Waals surface area contributed by atoms with Crippen LogP contribution in [-0.4, -0.2) is 10.8 Å². The summed E-state index contributed by atoms with van der Waals surface area (Å²) in [5.74, 6) is -0.313. The van der Waals surface area contributed by atoms with Crippen LogP contribution in [0.1, 0.15) is 21.5 Å². The summed E-state index contributed by atoms with van der Waals surface area (Å²) in [6, 6.07) is 12.4. The molecule has 0 amide bonds. The lowest BCUT2D eigenvalue weighted by molar-refractivity contribution is -0.137. The number of ketones is 1. The molecule has 122 valence electrons. The van der Waals surface area contributed by atoms with Crippen molar-refractivity contribution < 1.29 is 18.0 Å². The Morgan fingerprint density at radius 2 is 1.75 bits per heavy atom. The number of nitrogens with one attached hydrogen (secondary N) is 1. The topological polar surface area (TPSA) is 49.9 Å². The van der Waals surface area contributed by atoms with Gasteiger partial charge < -0.3 is 4.98 Å². The molecule has 0 bridgehead atoms. The molecule has 0 atom stereocenters. The van der Waals surface area contributed by atoms with E-state index in [0.717, 1.165) is 12.1 Å². The van der Waals surface area contributed by atoms with Crippen LogP contribution < -0.4 is 5.56 Å². The highest BCUT2D eigenvalue weighted by Crippen LogP contribution is 2.30. The van der Waals surface area contributed by atoms with E-state index in [1.54, 1.807) is 18.2 Å². The zero-order valence-corrected chi connectivity index (χ0v) is 12.4. The molecule has 2 aromatic carbocycles. The zero-order chi connectivity index (χ0) is 17.3. The van der Waals surface area contributed by atoms with Gasteiger partial charge >= 0.3 is 6.18 Å². The summed E-state index contributed by atoms with van der Waals surface area (Å²) in [7, 11) is 0. The van der Waals surface area contributed by atoms with Gasteiger partial charge in [-0.3, -0.25) is 9.59 Å². The first-order valence-corrected chi connectivity index (χ1v) is 7.16. The molecule has 3 rings (SSSR count). The summed E-state index contributed by atoms with van der Waals surface area (Å²) >= 11 is 0. The maximum atomic E-state index is 12.8. The number of Topliss-reactive ketones (excluding diaryl/α,β-unsaturated/α-hetero) is 1.